The number of ether oxygens (including phenoxy) is 1. The van der Waals surface area contributed by atoms with Crippen LogP contribution in [0, 0.1) is 23.6 Å². The first-order chi connectivity index (χ1) is 12.7. The van der Waals surface area contributed by atoms with Crippen molar-refractivity contribution in [1.29, 1.82) is 0 Å². The Morgan fingerprint density at radius 2 is 1.92 bits per heavy atom. The van der Waals surface area contributed by atoms with Crippen LogP contribution in [0.25, 0.3) is 0 Å². The molecule has 0 radical (unpaired) electrons. The van der Waals surface area contributed by atoms with Gasteiger partial charge in [0.1, 0.15) is 5.82 Å². The number of aliphatic hydroxyl groups is 1. The van der Waals surface area contributed by atoms with Crippen LogP contribution in [-0.2, 0) is 4.74 Å². The second-order valence-electron chi connectivity index (χ2n) is 8.37. The van der Waals surface area contributed by atoms with Gasteiger partial charge in [-0.3, -0.25) is 4.90 Å². The number of aliphatic hydroxyl groups excluding tert-OH is 1. The Morgan fingerprint density at radius 3 is 2.62 bits per heavy atom. The lowest BCUT2D eigenvalue weighted by atomic mass is 9.90. The highest BCUT2D eigenvalue weighted by Gasteiger charge is 2.39. The molecule has 2 saturated carbocycles. The Bertz CT molecular complexity index is 591. The van der Waals surface area contributed by atoms with Gasteiger partial charge in [-0.15, -0.1) is 0 Å². The van der Waals surface area contributed by atoms with Crippen molar-refractivity contribution in [2.45, 2.75) is 31.8 Å². The average Bonchev–Trinajstić information content (AvgIpc) is 3.26. The maximum Gasteiger partial charge on any atom is 0.146 e. The number of nitrogens with zero attached hydrogens (tertiary/aromatic N) is 2. The molecule has 4 atom stereocenters. The van der Waals surface area contributed by atoms with E-state index in [1.165, 1.54) is 31.7 Å². The Hall–Kier alpha value is -1.17. The Balaban J connectivity index is 1.14. The van der Waals surface area contributed by atoms with Gasteiger partial charge < -0.3 is 14.7 Å². The van der Waals surface area contributed by atoms with E-state index in [1.807, 2.05) is 12.1 Å². The number of β-amino-alcohol motifs (C(OH)–C–C–N with tert-alkyl or cyclic N) is 1. The predicted molar refractivity (Wildman–Crippen MR) is 101 cm³/mol. The quantitative estimate of drug-likeness (QED) is 0.809. The fourth-order valence-electron chi connectivity index (χ4n) is 5.17. The summed E-state index contributed by atoms with van der Waals surface area (Å²) < 4.78 is 19.7. The summed E-state index contributed by atoms with van der Waals surface area (Å²) in [4.78, 5) is 4.34. The molecule has 0 spiro atoms. The fraction of sp³-hybridized carbons (Fsp3) is 0.714. The van der Waals surface area contributed by atoms with Crippen LogP contribution in [0.4, 0.5) is 10.1 Å². The lowest BCUT2D eigenvalue weighted by molar-refractivity contribution is -0.00275. The molecule has 0 aromatic heterocycles. The number of benzene rings is 1. The van der Waals surface area contributed by atoms with Crippen LogP contribution in [0.5, 0.6) is 0 Å². The van der Waals surface area contributed by atoms with Crippen LogP contribution in [0.2, 0.25) is 0 Å². The molecule has 1 saturated heterocycles. The lowest BCUT2D eigenvalue weighted by Gasteiger charge is -2.37. The van der Waals surface area contributed by atoms with Crippen molar-refractivity contribution in [3.63, 3.8) is 0 Å². The van der Waals surface area contributed by atoms with Crippen LogP contribution < -0.4 is 4.90 Å². The summed E-state index contributed by atoms with van der Waals surface area (Å²) in [5.41, 5.74) is 0.682. The monoisotopic (exact) mass is 362 g/mol. The first-order valence-corrected chi connectivity index (χ1v) is 10.2. The normalized spacial score (nSPS) is 30.1. The molecule has 1 aliphatic heterocycles. The Kier molecular flexibility index (Phi) is 5.77. The summed E-state index contributed by atoms with van der Waals surface area (Å²) in [7, 11) is 0. The molecule has 1 aromatic rings. The van der Waals surface area contributed by atoms with E-state index in [4.69, 9.17) is 4.74 Å². The van der Waals surface area contributed by atoms with E-state index >= 15 is 0 Å². The zero-order chi connectivity index (χ0) is 17.9. The van der Waals surface area contributed by atoms with Crippen LogP contribution in [-0.4, -0.2) is 62.0 Å². The van der Waals surface area contributed by atoms with Crippen molar-refractivity contribution in [1.82, 2.24) is 4.90 Å². The van der Waals surface area contributed by atoms with Gasteiger partial charge in [-0.2, -0.15) is 0 Å². The van der Waals surface area contributed by atoms with E-state index in [2.05, 4.69) is 9.80 Å². The van der Waals surface area contributed by atoms with E-state index in [0.717, 1.165) is 50.5 Å². The third-order valence-corrected chi connectivity index (χ3v) is 6.56. The maximum atomic E-state index is 13.9. The highest BCUT2D eigenvalue weighted by atomic mass is 19.1. The van der Waals surface area contributed by atoms with Gasteiger partial charge in [-0.1, -0.05) is 18.6 Å². The second kappa shape index (κ2) is 8.24. The van der Waals surface area contributed by atoms with E-state index in [1.54, 1.807) is 6.07 Å². The van der Waals surface area contributed by atoms with E-state index < -0.39 is 6.10 Å². The SMILES string of the molecule is O[C@H](COC[C@H]1C[C@@H]2CC[C@@H]1C2)CN1CCN(c2ccccc2F)CC1. The predicted octanol–water partition coefficient (Wildman–Crippen LogP) is 2.76. The molecule has 2 aliphatic carbocycles. The molecular formula is C21H31FN2O2. The van der Waals surface area contributed by atoms with Crippen molar-refractivity contribution in [3.05, 3.63) is 30.1 Å². The highest BCUT2D eigenvalue weighted by Crippen LogP contribution is 2.48. The molecule has 5 heteroatoms. The van der Waals surface area contributed by atoms with Crippen LogP contribution >= 0.6 is 0 Å². The van der Waals surface area contributed by atoms with E-state index in [0.29, 0.717) is 18.8 Å². The molecule has 1 heterocycles. The fourth-order valence-corrected chi connectivity index (χ4v) is 5.17. The molecule has 2 bridgehead atoms. The summed E-state index contributed by atoms with van der Waals surface area (Å²) in [5.74, 6) is 2.40. The number of piperazine rings is 1. The highest BCUT2D eigenvalue weighted by molar-refractivity contribution is 5.47. The first kappa shape index (κ1) is 18.2. The minimum absolute atomic E-state index is 0.157. The van der Waals surface area contributed by atoms with Crippen LogP contribution in [0.15, 0.2) is 24.3 Å². The number of anilines is 1. The maximum absolute atomic E-state index is 13.9. The zero-order valence-corrected chi connectivity index (χ0v) is 15.5. The van der Waals surface area contributed by atoms with Gasteiger partial charge in [0, 0.05) is 39.3 Å². The van der Waals surface area contributed by atoms with Gasteiger partial charge >= 0.3 is 0 Å². The van der Waals surface area contributed by atoms with Gasteiger partial charge in [0.2, 0.25) is 0 Å². The molecule has 4 nitrogen and oxygen atoms in total. The minimum atomic E-state index is -0.436. The van der Waals surface area contributed by atoms with Gasteiger partial charge in [-0.25, -0.2) is 4.39 Å². The van der Waals surface area contributed by atoms with Gasteiger partial charge in [0.05, 0.1) is 18.4 Å². The number of rotatable bonds is 7. The van der Waals surface area contributed by atoms with E-state index in [-0.39, 0.29) is 5.82 Å². The van der Waals surface area contributed by atoms with Crippen molar-refractivity contribution in [3.8, 4) is 0 Å². The standard InChI is InChI=1S/C21H31FN2O2/c22-20-3-1-2-4-21(20)24-9-7-23(8-10-24)13-19(25)15-26-14-18-12-16-5-6-17(18)11-16/h1-4,16-19,25H,5-15H2/t16-,17-,18-,19+/m1/s1. The third kappa shape index (κ3) is 4.21. The molecule has 4 rings (SSSR count). The summed E-state index contributed by atoms with van der Waals surface area (Å²) >= 11 is 0. The minimum Gasteiger partial charge on any atom is -0.389 e. The van der Waals surface area contributed by atoms with Gasteiger partial charge in [-0.05, 0) is 49.1 Å². The molecule has 0 unspecified atom stereocenters. The van der Waals surface area contributed by atoms with Crippen molar-refractivity contribution >= 4 is 5.69 Å². The van der Waals surface area contributed by atoms with Gasteiger partial charge in [0.15, 0.2) is 0 Å². The Labute approximate surface area is 155 Å². The molecule has 3 fully saturated rings. The first-order valence-electron chi connectivity index (χ1n) is 10.2. The molecule has 26 heavy (non-hydrogen) atoms. The van der Waals surface area contributed by atoms with Gasteiger partial charge in [0.25, 0.3) is 0 Å². The number of halogens is 1. The van der Waals surface area contributed by atoms with Crippen LogP contribution in [0.1, 0.15) is 25.7 Å². The molecule has 1 aromatic carbocycles. The van der Waals surface area contributed by atoms with Crippen molar-refractivity contribution in [2.24, 2.45) is 17.8 Å². The zero-order valence-electron chi connectivity index (χ0n) is 15.5. The second-order valence-corrected chi connectivity index (χ2v) is 8.37. The summed E-state index contributed by atoms with van der Waals surface area (Å²) in [6.45, 7) is 5.16. The summed E-state index contributed by atoms with van der Waals surface area (Å²) in [6.07, 6.45) is 5.10. The topological polar surface area (TPSA) is 35.9 Å². The lowest BCUT2D eigenvalue weighted by Crippen LogP contribution is -2.49. The molecular weight excluding hydrogens is 331 g/mol. The number of hydrogen-bond donors (Lipinski definition) is 1. The third-order valence-electron chi connectivity index (χ3n) is 6.56. The number of hydrogen-bond acceptors (Lipinski definition) is 4. The molecule has 144 valence electrons. The largest absolute Gasteiger partial charge is 0.389 e. The van der Waals surface area contributed by atoms with E-state index in [9.17, 15) is 9.50 Å². The number of para-hydroxylation sites is 1. The van der Waals surface area contributed by atoms with Crippen molar-refractivity contribution < 1.29 is 14.2 Å². The van der Waals surface area contributed by atoms with Crippen molar-refractivity contribution in [2.75, 3.05) is 50.8 Å². The number of fused-ring (bicyclic) bond motifs is 2. The van der Waals surface area contributed by atoms with Crippen LogP contribution in [0.3, 0.4) is 0 Å². The summed E-state index contributed by atoms with van der Waals surface area (Å²) in [6, 6.07) is 6.95. The summed E-state index contributed by atoms with van der Waals surface area (Å²) in [5, 5.41) is 10.3. The molecule has 0 amide bonds. The Morgan fingerprint density at radius 1 is 1.12 bits per heavy atom. The molecule has 3 aliphatic rings. The smallest absolute Gasteiger partial charge is 0.146 e. The average molecular weight is 362 g/mol. The molecule has 1 N–H and O–H groups in total.